The predicted molar refractivity (Wildman–Crippen MR) is 104 cm³/mol. The molecule has 1 amide bonds. The number of hydrogen-bond donors (Lipinski definition) is 1. The molecule has 5 nitrogen and oxygen atoms in total. The zero-order chi connectivity index (χ0) is 19.7. The van der Waals surface area contributed by atoms with Crippen LogP contribution in [0.25, 0.3) is 11.3 Å². The molecule has 2 aromatic heterocycles. The number of ketones is 1. The van der Waals surface area contributed by atoms with Gasteiger partial charge in [0.05, 0.1) is 22.0 Å². The maximum atomic E-state index is 14.5. The molecular formula is C21H17FN2O3S. The van der Waals surface area contributed by atoms with Crippen molar-refractivity contribution in [1.82, 2.24) is 10.3 Å². The highest BCUT2D eigenvalue weighted by Crippen LogP contribution is 2.35. The van der Waals surface area contributed by atoms with Crippen LogP contribution >= 0.6 is 11.3 Å². The van der Waals surface area contributed by atoms with Gasteiger partial charge in [0, 0.05) is 23.7 Å². The van der Waals surface area contributed by atoms with E-state index in [1.807, 2.05) is 24.3 Å². The Morgan fingerprint density at radius 3 is 2.79 bits per heavy atom. The van der Waals surface area contributed by atoms with Gasteiger partial charge in [-0.1, -0.05) is 6.07 Å². The number of nitrogens with one attached hydrogen (secondary N) is 1. The van der Waals surface area contributed by atoms with Gasteiger partial charge in [-0.3, -0.25) is 14.6 Å². The van der Waals surface area contributed by atoms with Crippen molar-refractivity contribution >= 4 is 23.0 Å². The van der Waals surface area contributed by atoms with Gasteiger partial charge in [0.15, 0.2) is 17.3 Å². The lowest BCUT2D eigenvalue weighted by molar-refractivity contribution is 0.0936. The van der Waals surface area contributed by atoms with Crippen molar-refractivity contribution < 1.29 is 18.7 Å². The van der Waals surface area contributed by atoms with E-state index in [0.717, 1.165) is 16.9 Å². The molecule has 0 bridgehead atoms. The maximum Gasteiger partial charge on any atom is 0.261 e. The van der Waals surface area contributed by atoms with Crippen molar-refractivity contribution in [2.75, 3.05) is 6.54 Å². The van der Waals surface area contributed by atoms with Crippen LogP contribution in [0.1, 0.15) is 31.8 Å². The highest BCUT2D eigenvalue weighted by Gasteiger charge is 2.27. The fourth-order valence-electron chi connectivity index (χ4n) is 3.13. The number of Topliss-reactive ketones (excluding diaryl/α,β-unsaturated/α-hetero) is 1. The Balaban J connectivity index is 1.43. The average Bonchev–Trinajstić information content (AvgIpc) is 3.34. The Bertz CT molecular complexity index is 1050. The van der Waals surface area contributed by atoms with Crippen molar-refractivity contribution in [3.63, 3.8) is 0 Å². The molecule has 0 saturated heterocycles. The third kappa shape index (κ3) is 3.66. The Labute approximate surface area is 165 Å². The number of benzene rings is 1. The summed E-state index contributed by atoms with van der Waals surface area (Å²) in [5.74, 6) is -0.547. The van der Waals surface area contributed by atoms with Crippen LogP contribution in [0.5, 0.6) is 5.75 Å². The van der Waals surface area contributed by atoms with Crippen LogP contribution in [-0.2, 0) is 6.42 Å². The van der Waals surface area contributed by atoms with E-state index >= 15 is 0 Å². The normalized spacial score (nSPS) is 15.0. The quantitative estimate of drug-likeness (QED) is 0.665. The first-order valence-electron chi connectivity index (χ1n) is 8.80. The Kier molecular flexibility index (Phi) is 4.92. The molecule has 0 fully saturated rings. The van der Waals surface area contributed by atoms with Gasteiger partial charge in [-0.25, -0.2) is 4.39 Å². The van der Waals surface area contributed by atoms with Gasteiger partial charge in [0.25, 0.3) is 5.91 Å². The average molecular weight is 396 g/mol. The molecule has 3 heterocycles. The number of nitrogens with zero attached hydrogens (tertiary/aromatic N) is 1. The van der Waals surface area contributed by atoms with E-state index in [9.17, 15) is 14.0 Å². The molecule has 7 heteroatoms. The van der Waals surface area contributed by atoms with Gasteiger partial charge in [-0.15, -0.1) is 11.3 Å². The summed E-state index contributed by atoms with van der Waals surface area (Å²) in [5.41, 5.74) is 2.15. The number of hydrogen-bond acceptors (Lipinski definition) is 5. The fourth-order valence-corrected chi connectivity index (χ4v) is 3.94. The largest absolute Gasteiger partial charge is 0.485 e. The highest BCUT2D eigenvalue weighted by atomic mass is 32.1. The molecule has 1 aliphatic heterocycles. The zero-order valence-electron chi connectivity index (χ0n) is 15.1. The van der Waals surface area contributed by atoms with Gasteiger partial charge < -0.3 is 10.1 Å². The zero-order valence-corrected chi connectivity index (χ0v) is 15.9. The summed E-state index contributed by atoms with van der Waals surface area (Å²) >= 11 is 1.15. The molecule has 1 atom stereocenters. The molecule has 0 aliphatic carbocycles. The van der Waals surface area contributed by atoms with Crippen LogP contribution in [0.4, 0.5) is 4.39 Å². The molecule has 142 valence electrons. The predicted octanol–water partition coefficient (Wildman–Crippen LogP) is 3.89. The first-order valence-corrected chi connectivity index (χ1v) is 9.62. The summed E-state index contributed by atoms with van der Waals surface area (Å²) in [6, 6.07) is 12.0. The van der Waals surface area contributed by atoms with Crippen LogP contribution in [-0.4, -0.2) is 29.3 Å². The van der Waals surface area contributed by atoms with E-state index < -0.39 is 5.82 Å². The number of aromatic nitrogens is 1. The molecule has 0 radical (unpaired) electrons. The lowest BCUT2D eigenvalue weighted by atomic mass is 10.0. The van der Waals surface area contributed by atoms with Crippen LogP contribution in [0, 0.1) is 5.82 Å². The van der Waals surface area contributed by atoms with Crippen LogP contribution in [0.2, 0.25) is 0 Å². The number of amides is 1. The summed E-state index contributed by atoms with van der Waals surface area (Å²) in [6.45, 7) is 1.71. The minimum Gasteiger partial charge on any atom is -0.485 e. The van der Waals surface area contributed by atoms with Crippen molar-refractivity contribution in [3.05, 3.63) is 69.8 Å². The number of thiophene rings is 1. The van der Waals surface area contributed by atoms with Gasteiger partial charge in [-0.05, 0) is 43.3 Å². The summed E-state index contributed by atoms with van der Waals surface area (Å²) in [7, 11) is 0. The number of carbonyl (C=O) groups is 2. The van der Waals surface area contributed by atoms with Crippen molar-refractivity contribution in [2.24, 2.45) is 0 Å². The molecule has 1 aliphatic rings. The molecule has 1 aromatic carbocycles. The van der Waals surface area contributed by atoms with E-state index in [1.165, 1.54) is 13.0 Å². The number of carbonyl (C=O) groups excluding carboxylic acids is 2. The van der Waals surface area contributed by atoms with Crippen LogP contribution < -0.4 is 10.1 Å². The molecule has 3 aromatic rings. The molecule has 4 rings (SSSR count). The number of fused-ring (bicyclic) bond motifs is 1. The lowest BCUT2D eigenvalue weighted by Gasteiger charge is -2.11. The minimum atomic E-state index is -0.434. The molecule has 0 spiro atoms. The van der Waals surface area contributed by atoms with Gasteiger partial charge in [0.2, 0.25) is 0 Å². The number of rotatable bonds is 5. The van der Waals surface area contributed by atoms with Gasteiger partial charge >= 0.3 is 0 Å². The molecule has 0 saturated carbocycles. The summed E-state index contributed by atoms with van der Waals surface area (Å²) < 4.78 is 20.2. The van der Waals surface area contributed by atoms with Crippen molar-refractivity contribution in [2.45, 2.75) is 19.4 Å². The molecular weight excluding hydrogens is 379 g/mol. The monoisotopic (exact) mass is 396 g/mol. The second kappa shape index (κ2) is 7.52. The third-order valence-electron chi connectivity index (χ3n) is 4.48. The van der Waals surface area contributed by atoms with Crippen LogP contribution in [0.15, 0.2) is 48.7 Å². The SMILES string of the molecule is CC(=O)c1ccc(C(=O)NC[C@H]2Cc3cc(-c4ccccn4)cc(F)c3O2)s1. The fraction of sp³-hybridized carbons (Fsp3) is 0.190. The number of pyridine rings is 1. The minimum absolute atomic E-state index is 0.0715. The summed E-state index contributed by atoms with van der Waals surface area (Å²) in [5, 5.41) is 2.79. The molecule has 0 unspecified atom stereocenters. The Morgan fingerprint density at radius 1 is 1.25 bits per heavy atom. The first-order chi connectivity index (χ1) is 13.5. The standard InChI is InChI=1S/C21H17FN2O3S/c1-12(25)18-5-6-19(28-18)21(26)24-11-15-9-14-8-13(10-16(22)20(14)27-15)17-4-2-3-7-23-17/h2-8,10,15H,9,11H2,1H3,(H,24,26)/t15-/m1/s1. The third-order valence-corrected chi connectivity index (χ3v) is 5.67. The van der Waals surface area contributed by atoms with Gasteiger partial charge in [0.1, 0.15) is 6.10 Å². The van der Waals surface area contributed by atoms with E-state index in [1.54, 1.807) is 18.3 Å². The van der Waals surface area contributed by atoms with Crippen molar-refractivity contribution in [1.29, 1.82) is 0 Å². The smallest absolute Gasteiger partial charge is 0.261 e. The van der Waals surface area contributed by atoms with E-state index in [0.29, 0.717) is 27.4 Å². The Hall–Kier alpha value is -3.06. The van der Waals surface area contributed by atoms with E-state index in [-0.39, 0.29) is 30.1 Å². The summed E-state index contributed by atoms with van der Waals surface area (Å²) in [6.07, 6.45) is 1.81. The Morgan fingerprint density at radius 2 is 2.07 bits per heavy atom. The van der Waals surface area contributed by atoms with Crippen LogP contribution in [0.3, 0.4) is 0 Å². The lowest BCUT2D eigenvalue weighted by Crippen LogP contribution is -2.34. The first kappa shape index (κ1) is 18.3. The topological polar surface area (TPSA) is 68.3 Å². The number of ether oxygens (including phenoxy) is 1. The van der Waals surface area contributed by atoms with Gasteiger partial charge in [-0.2, -0.15) is 0 Å². The molecule has 1 N–H and O–H groups in total. The number of halogens is 1. The second-order valence-corrected chi connectivity index (χ2v) is 7.62. The highest BCUT2D eigenvalue weighted by molar-refractivity contribution is 7.15. The molecule has 28 heavy (non-hydrogen) atoms. The van der Waals surface area contributed by atoms with Crippen molar-refractivity contribution in [3.8, 4) is 17.0 Å². The summed E-state index contributed by atoms with van der Waals surface area (Å²) in [4.78, 5) is 28.9. The maximum absolute atomic E-state index is 14.5. The van der Waals surface area contributed by atoms with E-state index in [2.05, 4.69) is 10.3 Å². The van der Waals surface area contributed by atoms with E-state index in [4.69, 9.17) is 4.74 Å². The second-order valence-electron chi connectivity index (χ2n) is 6.54.